The van der Waals surface area contributed by atoms with Crippen LogP contribution in [0.15, 0.2) is 28.7 Å². The zero-order chi connectivity index (χ0) is 12.8. The molecule has 0 amide bonds. The molecule has 18 heavy (non-hydrogen) atoms. The van der Waals surface area contributed by atoms with Gasteiger partial charge in [-0.3, -0.25) is 0 Å². The van der Waals surface area contributed by atoms with Gasteiger partial charge in [0.1, 0.15) is 10.0 Å². The summed E-state index contributed by atoms with van der Waals surface area (Å²) in [7, 11) is 0. The maximum Gasteiger partial charge on any atom is 0.147 e. The van der Waals surface area contributed by atoms with Crippen LogP contribution in [0.1, 0.15) is 18.4 Å². The Morgan fingerprint density at radius 1 is 1.33 bits per heavy atom. The van der Waals surface area contributed by atoms with Gasteiger partial charge < -0.3 is 5.32 Å². The van der Waals surface area contributed by atoms with Crippen LogP contribution in [-0.4, -0.2) is 23.3 Å². The Balaban J connectivity index is 1.97. The van der Waals surface area contributed by atoms with E-state index in [1.165, 1.54) is 0 Å². The number of hydrogen-bond donors (Lipinski definition) is 1. The Hall–Kier alpha value is -0.780. The molecule has 5 heteroatoms. The summed E-state index contributed by atoms with van der Waals surface area (Å²) in [5, 5.41) is 13.9. The van der Waals surface area contributed by atoms with Gasteiger partial charge in [0.2, 0.25) is 0 Å². The van der Waals surface area contributed by atoms with E-state index >= 15 is 0 Å². The van der Waals surface area contributed by atoms with E-state index < -0.39 is 0 Å². The van der Waals surface area contributed by atoms with Gasteiger partial charge in [-0.15, -0.1) is 10.2 Å². The largest absolute Gasteiger partial charge is 0.317 e. The van der Waals surface area contributed by atoms with Crippen LogP contribution in [0.3, 0.4) is 0 Å². The van der Waals surface area contributed by atoms with Crippen LogP contribution in [0.4, 0.5) is 0 Å². The van der Waals surface area contributed by atoms with E-state index in [4.69, 9.17) is 0 Å². The zero-order valence-electron chi connectivity index (χ0n) is 10.3. The SMILES string of the molecule is CCNCCCc1nnc(-c2cccc(Br)c2)s1. The average molecular weight is 326 g/mol. The summed E-state index contributed by atoms with van der Waals surface area (Å²) in [6, 6.07) is 8.17. The summed E-state index contributed by atoms with van der Waals surface area (Å²) >= 11 is 5.16. The topological polar surface area (TPSA) is 37.8 Å². The lowest BCUT2D eigenvalue weighted by atomic mass is 10.2. The predicted molar refractivity (Wildman–Crippen MR) is 79.9 cm³/mol. The van der Waals surface area contributed by atoms with Gasteiger partial charge in [-0.1, -0.05) is 46.3 Å². The normalized spacial score (nSPS) is 10.8. The molecule has 1 N–H and O–H groups in total. The molecule has 0 saturated carbocycles. The summed E-state index contributed by atoms with van der Waals surface area (Å²) in [6.45, 7) is 4.19. The van der Waals surface area contributed by atoms with Crippen LogP contribution < -0.4 is 5.32 Å². The average Bonchev–Trinajstić information content (AvgIpc) is 2.83. The fourth-order valence-electron chi connectivity index (χ4n) is 1.63. The summed E-state index contributed by atoms with van der Waals surface area (Å²) in [5.74, 6) is 0. The molecule has 1 heterocycles. The Morgan fingerprint density at radius 3 is 3.00 bits per heavy atom. The van der Waals surface area contributed by atoms with E-state index in [2.05, 4.69) is 50.5 Å². The Morgan fingerprint density at radius 2 is 2.22 bits per heavy atom. The first kappa shape index (κ1) is 13.6. The first-order chi connectivity index (χ1) is 8.79. The van der Waals surface area contributed by atoms with Crippen molar-refractivity contribution >= 4 is 27.3 Å². The molecular weight excluding hydrogens is 310 g/mol. The molecule has 96 valence electrons. The fourth-order valence-corrected chi connectivity index (χ4v) is 2.91. The highest BCUT2D eigenvalue weighted by Gasteiger charge is 2.06. The Labute approximate surface area is 120 Å². The molecule has 0 saturated heterocycles. The van der Waals surface area contributed by atoms with Crippen molar-refractivity contribution in [2.75, 3.05) is 13.1 Å². The third kappa shape index (κ3) is 3.86. The van der Waals surface area contributed by atoms with Crippen molar-refractivity contribution in [3.8, 4) is 10.6 Å². The number of rotatable bonds is 6. The van der Waals surface area contributed by atoms with E-state index in [-0.39, 0.29) is 0 Å². The van der Waals surface area contributed by atoms with Gasteiger partial charge in [0, 0.05) is 16.5 Å². The molecule has 0 aliphatic rings. The second-order valence-corrected chi connectivity index (χ2v) is 5.95. The van der Waals surface area contributed by atoms with E-state index in [1.807, 2.05) is 12.1 Å². The lowest BCUT2D eigenvalue weighted by Crippen LogP contribution is -2.14. The van der Waals surface area contributed by atoms with Crippen molar-refractivity contribution in [1.29, 1.82) is 0 Å². The van der Waals surface area contributed by atoms with Crippen molar-refractivity contribution in [3.63, 3.8) is 0 Å². The van der Waals surface area contributed by atoms with Crippen LogP contribution >= 0.6 is 27.3 Å². The lowest BCUT2D eigenvalue weighted by molar-refractivity contribution is 0.669. The molecule has 0 aliphatic heterocycles. The monoisotopic (exact) mass is 325 g/mol. The molecule has 2 rings (SSSR count). The third-order valence-electron chi connectivity index (χ3n) is 2.53. The summed E-state index contributed by atoms with van der Waals surface area (Å²) in [6.07, 6.45) is 2.11. The predicted octanol–water partition coefficient (Wildman–Crippen LogP) is 3.51. The van der Waals surface area contributed by atoms with Gasteiger partial charge in [-0.05, 0) is 31.6 Å². The van der Waals surface area contributed by atoms with Crippen molar-refractivity contribution in [3.05, 3.63) is 33.7 Å². The molecule has 3 nitrogen and oxygen atoms in total. The van der Waals surface area contributed by atoms with Gasteiger partial charge in [-0.25, -0.2) is 0 Å². The number of nitrogens with one attached hydrogen (secondary N) is 1. The first-order valence-electron chi connectivity index (χ1n) is 6.08. The highest BCUT2D eigenvalue weighted by Crippen LogP contribution is 2.26. The molecule has 0 unspecified atom stereocenters. The molecule has 0 bridgehead atoms. The number of aryl methyl sites for hydroxylation is 1. The second kappa shape index (κ2) is 6.97. The zero-order valence-corrected chi connectivity index (χ0v) is 12.7. The molecule has 2 aromatic rings. The van der Waals surface area contributed by atoms with Crippen LogP contribution in [0.5, 0.6) is 0 Å². The van der Waals surface area contributed by atoms with Gasteiger partial charge in [0.05, 0.1) is 0 Å². The molecule has 1 aromatic heterocycles. The van der Waals surface area contributed by atoms with E-state index in [0.29, 0.717) is 0 Å². The second-order valence-electron chi connectivity index (χ2n) is 3.97. The highest BCUT2D eigenvalue weighted by molar-refractivity contribution is 9.10. The van der Waals surface area contributed by atoms with Crippen LogP contribution in [-0.2, 0) is 6.42 Å². The molecule has 0 aliphatic carbocycles. The quantitative estimate of drug-likeness (QED) is 0.826. The lowest BCUT2D eigenvalue weighted by Gasteiger charge is -1.98. The Kier molecular flexibility index (Phi) is 5.28. The molecule has 0 radical (unpaired) electrons. The van der Waals surface area contributed by atoms with E-state index in [0.717, 1.165) is 46.0 Å². The van der Waals surface area contributed by atoms with Gasteiger partial charge in [0.25, 0.3) is 0 Å². The molecule has 0 spiro atoms. The maximum absolute atomic E-state index is 4.25. The van der Waals surface area contributed by atoms with Crippen molar-refractivity contribution in [2.24, 2.45) is 0 Å². The fraction of sp³-hybridized carbons (Fsp3) is 0.385. The minimum atomic E-state index is 0.995. The van der Waals surface area contributed by atoms with Gasteiger partial charge >= 0.3 is 0 Å². The molecule has 0 atom stereocenters. The van der Waals surface area contributed by atoms with Crippen molar-refractivity contribution in [1.82, 2.24) is 15.5 Å². The number of aromatic nitrogens is 2. The highest BCUT2D eigenvalue weighted by atomic mass is 79.9. The van der Waals surface area contributed by atoms with Gasteiger partial charge in [-0.2, -0.15) is 0 Å². The van der Waals surface area contributed by atoms with E-state index in [1.54, 1.807) is 11.3 Å². The maximum atomic E-state index is 4.25. The third-order valence-corrected chi connectivity index (χ3v) is 4.06. The van der Waals surface area contributed by atoms with Crippen molar-refractivity contribution in [2.45, 2.75) is 19.8 Å². The number of nitrogens with zero attached hydrogens (tertiary/aromatic N) is 2. The summed E-state index contributed by atoms with van der Waals surface area (Å²) in [5.41, 5.74) is 1.12. The van der Waals surface area contributed by atoms with Crippen LogP contribution in [0.25, 0.3) is 10.6 Å². The van der Waals surface area contributed by atoms with E-state index in [9.17, 15) is 0 Å². The molecule has 0 fully saturated rings. The summed E-state index contributed by atoms with van der Waals surface area (Å²) in [4.78, 5) is 0. The number of benzene rings is 1. The molecule has 1 aromatic carbocycles. The first-order valence-corrected chi connectivity index (χ1v) is 7.69. The number of hydrogen-bond acceptors (Lipinski definition) is 4. The van der Waals surface area contributed by atoms with Gasteiger partial charge in [0.15, 0.2) is 0 Å². The summed E-state index contributed by atoms with van der Waals surface area (Å²) < 4.78 is 1.07. The van der Waals surface area contributed by atoms with Crippen LogP contribution in [0.2, 0.25) is 0 Å². The van der Waals surface area contributed by atoms with Crippen molar-refractivity contribution < 1.29 is 0 Å². The minimum Gasteiger partial charge on any atom is -0.317 e. The number of halogens is 1. The molecular formula is C13H16BrN3S. The minimum absolute atomic E-state index is 0.995. The Bertz CT molecular complexity index is 498. The smallest absolute Gasteiger partial charge is 0.147 e. The standard InChI is InChI=1S/C13H16BrN3S/c1-2-15-8-4-7-12-16-17-13(18-12)10-5-3-6-11(14)9-10/h3,5-6,9,15H,2,4,7-8H2,1H3. The van der Waals surface area contributed by atoms with Crippen LogP contribution in [0, 0.1) is 0 Å².